The molecule has 0 heterocycles. The molecule has 0 bridgehead atoms. The Morgan fingerprint density at radius 3 is 2.29 bits per heavy atom. The molecule has 0 saturated heterocycles. The first-order valence-corrected chi connectivity index (χ1v) is 10.1. The summed E-state index contributed by atoms with van der Waals surface area (Å²) < 4.78 is 6.06. The van der Waals surface area contributed by atoms with E-state index in [9.17, 15) is 0 Å². The smallest absolute Gasteiger partial charge is 0.0760 e. The van der Waals surface area contributed by atoms with Crippen molar-refractivity contribution in [1.29, 1.82) is 0 Å². The zero-order valence-electron chi connectivity index (χ0n) is 15.5. The van der Waals surface area contributed by atoms with Gasteiger partial charge >= 0.3 is 0 Å². The Bertz CT molecular complexity index is 507. The van der Waals surface area contributed by atoms with Crippen LogP contribution in [0.15, 0.2) is 36.4 Å². The largest absolute Gasteiger partial charge is 0.369 e. The summed E-state index contributed by atoms with van der Waals surface area (Å²) in [5, 5.41) is 0. The van der Waals surface area contributed by atoms with Gasteiger partial charge in [0.2, 0.25) is 0 Å². The van der Waals surface area contributed by atoms with Gasteiger partial charge in [0.1, 0.15) is 0 Å². The Morgan fingerprint density at radius 2 is 1.67 bits per heavy atom. The van der Waals surface area contributed by atoms with Crippen LogP contribution in [-0.4, -0.2) is 6.10 Å². The van der Waals surface area contributed by atoms with Gasteiger partial charge in [0.05, 0.1) is 12.7 Å². The van der Waals surface area contributed by atoms with E-state index in [1.807, 2.05) is 0 Å². The van der Waals surface area contributed by atoms with E-state index >= 15 is 0 Å². The molecule has 1 heteroatoms. The van der Waals surface area contributed by atoms with Crippen LogP contribution in [0.1, 0.15) is 82.3 Å². The van der Waals surface area contributed by atoms with E-state index in [0.717, 1.165) is 30.8 Å². The van der Waals surface area contributed by atoms with Crippen LogP contribution in [-0.2, 0) is 11.3 Å². The molecular formula is C23H34O. The maximum Gasteiger partial charge on any atom is 0.0760 e. The van der Waals surface area contributed by atoms with E-state index < -0.39 is 0 Å². The molecule has 2 aliphatic rings. The van der Waals surface area contributed by atoms with Crippen molar-refractivity contribution in [2.24, 2.45) is 11.8 Å². The number of ether oxygens (including phenoxy) is 1. The maximum atomic E-state index is 6.06. The Kier molecular flexibility index (Phi) is 6.54. The first-order chi connectivity index (χ1) is 11.7. The molecule has 3 rings (SSSR count). The van der Waals surface area contributed by atoms with Crippen LogP contribution < -0.4 is 0 Å². The Morgan fingerprint density at radius 1 is 0.917 bits per heavy atom. The van der Waals surface area contributed by atoms with Crippen molar-refractivity contribution >= 4 is 0 Å². The highest BCUT2D eigenvalue weighted by atomic mass is 16.5. The molecule has 2 aliphatic carbocycles. The summed E-state index contributed by atoms with van der Waals surface area (Å²) in [6.07, 6.45) is 15.7. The fourth-order valence-electron chi connectivity index (χ4n) is 4.35. The van der Waals surface area contributed by atoms with Gasteiger partial charge in [-0.05, 0) is 67.4 Å². The number of hydrogen-bond donors (Lipinski definition) is 0. The molecule has 1 nitrogen and oxygen atoms in total. The fourth-order valence-corrected chi connectivity index (χ4v) is 4.35. The number of rotatable bonds is 6. The van der Waals surface area contributed by atoms with E-state index in [4.69, 9.17) is 4.74 Å². The molecule has 0 radical (unpaired) electrons. The fraction of sp³-hybridized carbons (Fsp3) is 0.652. The third-order valence-electron chi connectivity index (χ3n) is 6.02. The van der Waals surface area contributed by atoms with Gasteiger partial charge in [-0.1, -0.05) is 63.1 Å². The van der Waals surface area contributed by atoms with E-state index in [2.05, 4.69) is 50.3 Å². The van der Waals surface area contributed by atoms with Gasteiger partial charge in [0.15, 0.2) is 0 Å². The van der Waals surface area contributed by atoms with Crippen molar-refractivity contribution in [3.63, 3.8) is 0 Å². The molecule has 0 N–H and O–H groups in total. The van der Waals surface area contributed by atoms with Crippen LogP contribution >= 0.6 is 0 Å². The second-order valence-corrected chi connectivity index (χ2v) is 8.04. The van der Waals surface area contributed by atoms with E-state index in [-0.39, 0.29) is 0 Å². The topological polar surface area (TPSA) is 9.23 Å². The lowest BCUT2D eigenvalue weighted by Gasteiger charge is -2.28. The summed E-state index contributed by atoms with van der Waals surface area (Å²) in [5.74, 6) is 2.50. The summed E-state index contributed by atoms with van der Waals surface area (Å²) in [4.78, 5) is 0. The van der Waals surface area contributed by atoms with Gasteiger partial charge in [-0.3, -0.25) is 0 Å². The molecule has 1 fully saturated rings. The van der Waals surface area contributed by atoms with Gasteiger partial charge in [-0.2, -0.15) is 0 Å². The van der Waals surface area contributed by atoms with Crippen molar-refractivity contribution < 1.29 is 4.74 Å². The quantitative estimate of drug-likeness (QED) is 0.533. The van der Waals surface area contributed by atoms with Crippen LogP contribution in [0.4, 0.5) is 0 Å². The monoisotopic (exact) mass is 326 g/mol. The van der Waals surface area contributed by atoms with Crippen LogP contribution in [0.5, 0.6) is 0 Å². The van der Waals surface area contributed by atoms with Crippen LogP contribution in [0.2, 0.25) is 0 Å². The average Bonchev–Trinajstić information content (AvgIpc) is 2.63. The maximum absolute atomic E-state index is 6.06. The summed E-state index contributed by atoms with van der Waals surface area (Å²) in [7, 11) is 0. The lowest BCUT2D eigenvalue weighted by molar-refractivity contribution is 0.0595. The standard InChI is InChI=1S/C23H34O/c1-3-4-19-7-11-21(12-8-19)22-13-9-20(10-14-22)17-24-23-15-5-18(2)6-16-23/h5,9-10,13-15,18-19,21,23H,3-4,6-8,11-12,16-17H2,1-2H3. The highest BCUT2D eigenvalue weighted by Gasteiger charge is 2.21. The van der Waals surface area contributed by atoms with Gasteiger partial charge in [0, 0.05) is 0 Å². The molecule has 132 valence electrons. The molecule has 1 saturated carbocycles. The molecule has 0 aliphatic heterocycles. The lowest BCUT2D eigenvalue weighted by atomic mass is 9.77. The molecule has 0 amide bonds. The van der Waals surface area contributed by atoms with Crippen LogP contribution in [0.25, 0.3) is 0 Å². The van der Waals surface area contributed by atoms with Gasteiger partial charge in [0.25, 0.3) is 0 Å². The van der Waals surface area contributed by atoms with Crippen molar-refractivity contribution in [3.05, 3.63) is 47.5 Å². The number of benzene rings is 1. The minimum absolute atomic E-state index is 0.315. The summed E-state index contributed by atoms with van der Waals surface area (Å²) in [6.45, 7) is 5.34. The second kappa shape index (κ2) is 8.85. The van der Waals surface area contributed by atoms with Crippen LogP contribution in [0.3, 0.4) is 0 Å². The number of allylic oxidation sites excluding steroid dienone is 1. The Labute approximate surface area is 148 Å². The molecule has 0 spiro atoms. The summed E-state index contributed by atoms with van der Waals surface area (Å²) in [5.41, 5.74) is 2.85. The first-order valence-electron chi connectivity index (χ1n) is 10.1. The predicted octanol–water partition coefficient (Wildman–Crippen LogP) is 6.63. The Hall–Kier alpha value is -1.08. The zero-order valence-corrected chi connectivity index (χ0v) is 15.5. The van der Waals surface area contributed by atoms with Gasteiger partial charge in [-0.15, -0.1) is 0 Å². The lowest BCUT2D eigenvalue weighted by Crippen LogP contribution is -2.15. The van der Waals surface area contributed by atoms with E-state index in [1.165, 1.54) is 50.5 Å². The minimum Gasteiger partial charge on any atom is -0.369 e. The molecule has 1 aromatic carbocycles. The number of hydrogen-bond acceptors (Lipinski definition) is 1. The highest BCUT2D eigenvalue weighted by molar-refractivity contribution is 5.25. The van der Waals surface area contributed by atoms with Crippen molar-refractivity contribution in [2.45, 2.75) is 83.8 Å². The molecule has 2 atom stereocenters. The minimum atomic E-state index is 0.315. The normalized spacial score (nSPS) is 30.4. The van der Waals surface area contributed by atoms with Crippen molar-refractivity contribution in [2.75, 3.05) is 0 Å². The zero-order chi connectivity index (χ0) is 16.8. The highest BCUT2D eigenvalue weighted by Crippen LogP contribution is 2.37. The molecule has 2 unspecified atom stereocenters. The molecule has 1 aromatic rings. The first kappa shape index (κ1) is 17.7. The third-order valence-corrected chi connectivity index (χ3v) is 6.02. The van der Waals surface area contributed by atoms with Crippen molar-refractivity contribution in [1.82, 2.24) is 0 Å². The van der Waals surface area contributed by atoms with E-state index in [0.29, 0.717) is 6.10 Å². The van der Waals surface area contributed by atoms with E-state index in [1.54, 1.807) is 5.56 Å². The Balaban J connectivity index is 1.46. The molecule has 0 aromatic heterocycles. The van der Waals surface area contributed by atoms with Crippen molar-refractivity contribution in [3.8, 4) is 0 Å². The average molecular weight is 327 g/mol. The summed E-state index contributed by atoms with van der Waals surface area (Å²) >= 11 is 0. The summed E-state index contributed by atoms with van der Waals surface area (Å²) in [6, 6.07) is 9.26. The van der Waals surface area contributed by atoms with Gasteiger partial charge < -0.3 is 4.74 Å². The van der Waals surface area contributed by atoms with Crippen LogP contribution in [0, 0.1) is 11.8 Å². The third kappa shape index (κ3) is 4.96. The molecule has 24 heavy (non-hydrogen) atoms. The van der Waals surface area contributed by atoms with Gasteiger partial charge in [-0.25, -0.2) is 0 Å². The predicted molar refractivity (Wildman–Crippen MR) is 102 cm³/mol. The molecular weight excluding hydrogens is 292 g/mol. The second-order valence-electron chi connectivity index (χ2n) is 8.04. The SMILES string of the molecule is CCCC1CCC(c2ccc(COC3C=CC(C)CC3)cc2)CC1.